The third-order valence-corrected chi connectivity index (χ3v) is 6.70. The Bertz CT molecular complexity index is 1300. The number of hydrogen-bond acceptors (Lipinski definition) is 2. The van der Waals surface area contributed by atoms with E-state index in [9.17, 15) is 27.2 Å². The third kappa shape index (κ3) is 4.28. The summed E-state index contributed by atoms with van der Waals surface area (Å²) in [6.45, 7) is 3.01. The van der Waals surface area contributed by atoms with Crippen molar-refractivity contribution in [2.75, 3.05) is 4.90 Å². The molecular formula is C25H19F4IN2O2. The van der Waals surface area contributed by atoms with Crippen LogP contribution >= 0.6 is 22.6 Å². The molecule has 34 heavy (non-hydrogen) atoms. The summed E-state index contributed by atoms with van der Waals surface area (Å²) < 4.78 is 55.9. The molecule has 0 bridgehead atoms. The SMILES string of the molecule is CC1(C)C(=O)N(Cc2ccccc2F)c2cc(C(=O)NCc3c(F)cc(F)cc3F)cc(I)c21. The summed E-state index contributed by atoms with van der Waals surface area (Å²) in [4.78, 5) is 27.5. The Kier molecular flexibility index (Phi) is 6.41. The second-order valence-electron chi connectivity index (χ2n) is 8.49. The highest BCUT2D eigenvalue weighted by Crippen LogP contribution is 2.45. The van der Waals surface area contributed by atoms with Crippen molar-refractivity contribution in [1.29, 1.82) is 0 Å². The van der Waals surface area contributed by atoms with Crippen LogP contribution in [0, 0.1) is 26.8 Å². The molecule has 4 nitrogen and oxygen atoms in total. The van der Waals surface area contributed by atoms with Gasteiger partial charge in [-0.05, 0) is 54.6 Å². The van der Waals surface area contributed by atoms with Crippen LogP contribution in [0.2, 0.25) is 0 Å². The van der Waals surface area contributed by atoms with Gasteiger partial charge in [-0.2, -0.15) is 0 Å². The van der Waals surface area contributed by atoms with Gasteiger partial charge in [0.15, 0.2) is 0 Å². The Labute approximate surface area is 207 Å². The lowest BCUT2D eigenvalue weighted by Crippen LogP contribution is -2.36. The summed E-state index contributed by atoms with van der Waals surface area (Å²) in [6.07, 6.45) is 0. The minimum Gasteiger partial charge on any atom is -0.348 e. The van der Waals surface area contributed by atoms with E-state index in [2.05, 4.69) is 5.32 Å². The fourth-order valence-electron chi connectivity index (χ4n) is 4.07. The number of carbonyl (C=O) groups excluding carboxylic acids is 2. The molecule has 2 amide bonds. The maximum absolute atomic E-state index is 14.3. The Balaban J connectivity index is 1.66. The molecule has 0 unspecified atom stereocenters. The summed E-state index contributed by atoms with van der Waals surface area (Å²) in [5, 5.41) is 2.43. The number of benzene rings is 3. The first-order valence-corrected chi connectivity index (χ1v) is 11.4. The summed E-state index contributed by atoms with van der Waals surface area (Å²) in [7, 11) is 0. The molecule has 0 fully saturated rings. The van der Waals surface area contributed by atoms with Gasteiger partial charge < -0.3 is 10.2 Å². The van der Waals surface area contributed by atoms with Crippen molar-refractivity contribution in [3.05, 3.63) is 97.6 Å². The van der Waals surface area contributed by atoms with Crippen molar-refractivity contribution in [2.24, 2.45) is 0 Å². The summed E-state index contributed by atoms with van der Waals surface area (Å²) in [5.41, 5.74) is 0.299. The maximum atomic E-state index is 14.3. The molecule has 4 rings (SSSR count). The lowest BCUT2D eigenvalue weighted by Gasteiger charge is -2.21. The van der Waals surface area contributed by atoms with Crippen molar-refractivity contribution in [1.82, 2.24) is 5.32 Å². The van der Waals surface area contributed by atoms with Crippen LogP contribution in [0.3, 0.4) is 0 Å². The normalized spacial score (nSPS) is 14.3. The molecule has 0 atom stereocenters. The lowest BCUT2D eigenvalue weighted by atomic mass is 9.86. The summed E-state index contributed by atoms with van der Waals surface area (Å²) >= 11 is 2.03. The van der Waals surface area contributed by atoms with Crippen LogP contribution < -0.4 is 10.2 Å². The van der Waals surface area contributed by atoms with Gasteiger partial charge in [0.25, 0.3) is 5.91 Å². The van der Waals surface area contributed by atoms with Gasteiger partial charge in [-0.25, -0.2) is 17.6 Å². The first-order chi connectivity index (χ1) is 16.0. The Morgan fingerprint density at radius 3 is 2.29 bits per heavy atom. The zero-order chi connectivity index (χ0) is 24.8. The van der Waals surface area contributed by atoms with Crippen LogP contribution in [0.25, 0.3) is 0 Å². The van der Waals surface area contributed by atoms with E-state index in [1.54, 1.807) is 38.1 Å². The molecule has 0 radical (unpaired) electrons. The standard InChI is InChI=1S/C25H19F4IN2O2/c1-25(2)22-20(30)7-14(23(33)31-11-16-18(28)9-15(26)10-19(16)29)8-21(22)32(24(25)34)12-13-5-3-4-6-17(13)27/h3-10H,11-12H2,1-2H3,(H,31,33). The first-order valence-electron chi connectivity index (χ1n) is 10.3. The van der Waals surface area contributed by atoms with Gasteiger partial charge in [-0.3, -0.25) is 9.59 Å². The van der Waals surface area contributed by atoms with Gasteiger partial charge in [-0.1, -0.05) is 18.2 Å². The fourth-order valence-corrected chi connectivity index (χ4v) is 5.36. The highest BCUT2D eigenvalue weighted by atomic mass is 127. The topological polar surface area (TPSA) is 49.4 Å². The molecule has 1 heterocycles. The van der Waals surface area contributed by atoms with Crippen LogP contribution in [-0.4, -0.2) is 11.8 Å². The van der Waals surface area contributed by atoms with Crippen LogP contribution in [-0.2, 0) is 23.3 Å². The third-order valence-electron chi connectivity index (χ3n) is 5.85. The van der Waals surface area contributed by atoms with Gasteiger partial charge >= 0.3 is 0 Å². The quantitative estimate of drug-likeness (QED) is 0.315. The van der Waals surface area contributed by atoms with Crippen molar-refractivity contribution in [3.63, 3.8) is 0 Å². The molecule has 9 heteroatoms. The smallest absolute Gasteiger partial charge is 0.251 e. The van der Waals surface area contributed by atoms with E-state index < -0.39 is 46.7 Å². The Hall–Kier alpha value is -2.95. The summed E-state index contributed by atoms with van der Waals surface area (Å²) in [5.74, 6) is -4.59. The number of rotatable bonds is 5. The molecule has 3 aromatic carbocycles. The highest BCUT2D eigenvalue weighted by molar-refractivity contribution is 14.1. The van der Waals surface area contributed by atoms with E-state index in [-0.39, 0.29) is 18.0 Å². The predicted octanol–water partition coefficient (Wildman–Crippen LogP) is 5.60. The predicted molar refractivity (Wildman–Crippen MR) is 127 cm³/mol. The molecule has 3 aromatic rings. The molecular weight excluding hydrogens is 563 g/mol. The van der Waals surface area contributed by atoms with Crippen LogP contribution in [0.15, 0.2) is 48.5 Å². The van der Waals surface area contributed by atoms with Gasteiger partial charge in [-0.15, -0.1) is 0 Å². The van der Waals surface area contributed by atoms with E-state index in [4.69, 9.17) is 0 Å². The van der Waals surface area contributed by atoms with E-state index in [0.717, 1.165) is 0 Å². The Morgan fingerprint density at radius 1 is 1.00 bits per heavy atom. The van der Waals surface area contributed by atoms with E-state index in [1.165, 1.54) is 17.0 Å². The monoisotopic (exact) mass is 582 g/mol. The van der Waals surface area contributed by atoms with E-state index >= 15 is 0 Å². The van der Waals surface area contributed by atoms with Gasteiger partial charge in [0, 0.05) is 44.5 Å². The number of anilines is 1. The molecule has 0 aromatic heterocycles. The molecule has 1 N–H and O–H groups in total. The number of nitrogens with one attached hydrogen (secondary N) is 1. The highest BCUT2D eigenvalue weighted by Gasteiger charge is 2.45. The average Bonchev–Trinajstić information content (AvgIpc) is 2.95. The maximum Gasteiger partial charge on any atom is 0.251 e. The fraction of sp³-hybridized carbons (Fsp3) is 0.200. The minimum atomic E-state index is -1.11. The van der Waals surface area contributed by atoms with Gasteiger partial charge in [0.2, 0.25) is 5.91 Å². The number of carbonyl (C=O) groups is 2. The van der Waals surface area contributed by atoms with Crippen molar-refractivity contribution in [2.45, 2.75) is 32.4 Å². The number of amides is 2. The Morgan fingerprint density at radius 2 is 1.65 bits per heavy atom. The van der Waals surface area contributed by atoms with Crippen LogP contribution in [0.4, 0.5) is 23.2 Å². The first kappa shape index (κ1) is 24.2. The minimum absolute atomic E-state index is 0.0188. The van der Waals surface area contributed by atoms with Gasteiger partial charge in [0.05, 0.1) is 17.6 Å². The molecule has 1 aliphatic rings. The number of nitrogens with zero attached hydrogens (tertiary/aromatic N) is 1. The number of hydrogen-bond donors (Lipinski definition) is 1. The number of halogens is 5. The summed E-state index contributed by atoms with van der Waals surface area (Å²) in [6, 6.07) is 10.3. The molecule has 0 saturated carbocycles. The largest absolute Gasteiger partial charge is 0.348 e. The second-order valence-corrected chi connectivity index (χ2v) is 9.65. The molecule has 0 aliphatic carbocycles. The van der Waals surface area contributed by atoms with Crippen molar-refractivity contribution in [3.8, 4) is 0 Å². The molecule has 0 saturated heterocycles. The van der Waals surface area contributed by atoms with Crippen molar-refractivity contribution < 1.29 is 27.2 Å². The number of fused-ring (bicyclic) bond motifs is 1. The second kappa shape index (κ2) is 9.01. The van der Waals surface area contributed by atoms with Crippen LogP contribution in [0.5, 0.6) is 0 Å². The van der Waals surface area contributed by atoms with Gasteiger partial charge in [0.1, 0.15) is 23.3 Å². The lowest BCUT2D eigenvalue weighted by molar-refractivity contribution is -0.122. The van der Waals surface area contributed by atoms with E-state index in [0.29, 0.717) is 32.5 Å². The molecule has 176 valence electrons. The van der Waals surface area contributed by atoms with Crippen molar-refractivity contribution >= 4 is 40.1 Å². The molecule has 0 spiro atoms. The average molecular weight is 582 g/mol. The van der Waals surface area contributed by atoms with E-state index in [1.807, 2.05) is 22.6 Å². The zero-order valence-corrected chi connectivity index (χ0v) is 20.3. The zero-order valence-electron chi connectivity index (χ0n) is 18.2. The molecule has 1 aliphatic heterocycles. The van der Waals surface area contributed by atoms with Crippen LogP contribution in [0.1, 0.15) is 40.9 Å².